The van der Waals surface area contributed by atoms with E-state index in [-0.39, 0.29) is 12.1 Å². The lowest BCUT2D eigenvalue weighted by molar-refractivity contribution is -0.0623. The van der Waals surface area contributed by atoms with Crippen LogP contribution >= 0.6 is 0 Å². The van der Waals surface area contributed by atoms with Crippen molar-refractivity contribution in [3.63, 3.8) is 0 Å². The van der Waals surface area contributed by atoms with Gasteiger partial charge in [-0.2, -0.15) is 0 Å². The summed E-state index contributed by atoms with van der Waals surface area (Å²) in [6.07, 6.45) is 4.52. The number of allylic oxidation sites excluding steroid dienone is 1. The van der Waals surface area contributed by atoms with Gasteiger partial charge in [0.15, 0.2) is 0 Å². The zero-order valence-electron chi connectivity index (χ0n) is 12.3. The topological polar surface area (TPSA) is 38.8 Å². The van der Waals surface area contributed by atoms with Crippen molar-refractivity contribution in [2.45, 2.75) is 65.3 Å². The Morgan fingerprint density at radius 2 is 2.11 bits per heavy atom. The SMILES string of the molecule is C/C=C/C[C@@H]1COC(C)(C)N1C(=O)OC(C)(C)C. The van der Waals surface area contributed by atoms with Crippen molar-refractivity contribution in [3.8, 4) is 0 Å². The number of carbonyl (C=O) groups excluding carboxylic acids is 1. The van der Waals surface area contributed by atoms with E-state index in [1.165, 1.54) is 0 Å². The highest BCUT2D eigenvalue weighted by Gasteiger charge is 2.44. The summed E-state index contributed by atoms with van der Waals surface area (Å²) < 4.78 is 11.1. The van der Waals surface area contributed by atoms with E-state index in [1.807, 2.05) is 53.7 Å². The molecule has 1 rings (SSSR count). The minimum Gasteiger partial charge on any atom is -0.444 e. The van der Waals surface area contributed by atoms with Crippen molar-refractivity contribution in [1.82, 2.24) is 4.90 Å². The maximum atomic E-state index is 12.2. The molecule has 1 atom stereocenters. The van der Waals surface area contributed by atoms with Crippen molar-refractivity contribution in [3.05, 3.63) is 12.2 Å². The second-order valence-corrected chi connectivity index (χ2v) is 6.07. The predicted octanol–water partition coefficient (Wildman–Crippen LogP) is 3.32. The first-order valence-corrected chi connectivity index (χ1v) is 6.45. The molecule has 0 radical (unpaired) electrons. The summed E-state index contributed by atoms with van der Waals surface area (Å²) in [5.41, 5.74) is -1.09. The molecule has 1 aliphatic rings. The number of carbonyl (C=O) groups is 1. The van der Waals surface area contributed by atoms with Gasteiger partial charge in [-0.3, -0.25) is 4.90 Å². The first kappa shape index (κ1) is 15.0. The number of hydrogen-bond donors (Lipinski definition) is 0. The molecular formula is C14H25NO3. The first-order chi connectivity index (χ1) is 8.17. The van der Waals surface area contributed by atoms with Crippen molar-refractivity contribution in [2.75, 3.05) is 6.61 Å². The quantitative estimate of drug-likeness (QED) is 0.710. The highest BCUT2D eigenvalue weighted by molar-refractivity contribution is 5.69. The van der Waals surface area contributed by atoms with E-state index in [0.717, 1.165) is 6.42 Å². The van der Waals surface area contributed by atoms with Gasteiger partial charge in [-0.15, -0.1) is 0 Å². The fourth-order valence-electron chi connectivity index (χ4n) is 2.03. The van der Waals surface area contributed by atoms with E-state index < -0.39 is 11.3 Å². The molecule has 1 amide bonds. The number of nitrogens with zero attached hydrogens (tertiary/aromatic N) is 1. The van der Waals surface area contributed by atoms with Gasteiger partial charge in [-0.25, -0.2) is 4.79 Å². The Bertz CT molecular complexity index is 328. The molecule has 4 nitrogen and oxygen atoms in total. The summed E-state index contributed by atoms with van der Waals surface area (Å²) >= 11 is 0. The maximum Gasteiger partial charge on any atom is 0.412 e. The van der Waals surface area contributed by atoms with E-state index >= 15 is 0 Å². The van der Waals surface area contributed by atoms with Crippen LogP contribution in [0.25, 0.3) is 0 Å². The standard InChI is InChI=1S/C14H25NO3/c1-7-8-9-11-10-17-14(5,6)15(11)12(16)18-13(2,3)4/h7-8,11H,9-10H2,1-6H3/b8-7+/t11-/m1/s1. The summed E-state index contributed by atoms with van der Waals surface area (Å²) in [6, 6.07) is 0.0473. The Labute approximate surface area is 110 Å². The lowest BCUT2D eigenvalue weighted by Crippen LogP contribution is -2.49. The Balaban J connectivity index is 2.81. The molecule has 0 N–H and O–H groups in total. The minimum atomic E-state index is -0.603. The molecule has 18 heavy (non-hydrogen) atoms. The number of amides is 1. The lowest BCUT2D eigenvalue weighted by Gasteiger charge is -2.34. The van der Waals surface area contributed by atoms with Gasteiger partial charge in [0.25, 0.3) is 0 Å². The minimum absolute atomic E-state index is 0.0473. The molecular weight excluding hydrogens is 230 g/mol. The van der Waals surface area contributed by atoms with Gasteiger partial charge in [0.2, 0.25) is 0 Å². The molecule has 0 bridgehead atoms. The van der Waals surface area contributed by atoms with Crippen molar-refractivity contribution in [2.24, 2.45) is 0 Å². The van der Waals surface area contributed by atoms with Gasteiger partial charge >= 0.3 is 6.09 Å². The predicted molar refractivity (Wildman–Crippen MR) is 71.3 cm³/mol. The number of hydrogen-bond acceptors (Lipinski definition) is 3. The molecule has 1 heterocycles. The Hall–Kier alpha value is -1.03. The average Bonchev–Trinajstić information content (AvgIpc) is 2.48. The maximum absolute atomic E-state index is 12.2. The molecule has 0 aromatic heterocycles. The van der Waals surface area contributed by atoms with Crippen molar-refractivity contribution >= 4 is 6.09 Å². The van der Waals surface area contributed by atoms with Crippen LogP contribution in [-0.4, -0.2) is 35.0 Å². The molecule has 0 unspecified atom stereocenters. The van der Waals surface area contributed by atoms with Gasteiger partial charge in [0, 0.05) is 0 Å². The van der Waals surface area contributed by atoms with Gasteiger partial charge in [-0.05, 0) is 48.0 Å². The van der Waals surface area contributed by atoms with E-state index in [1.54, 1.807) is 4.90 Å². The van der Waals surface area contributed by atoms with Crippen LogP contribution in [0.5, 0.6) is 0 Å². The molecule has 1 fully saturated rings. The molecule has 1 aliphatic heterocycles. The zero-order chi connectivity index (χ0) is 14.0. The van der Waals surface area contributed by atoms with Crippen LogP contribution in [0.15, 0.2) is 12.2 Å². The summed E-state index contributed by atoms with van der Waals surface area (Å²) in [5.74, 6) is 0. The molecule has 1 saturated heterocycles. The highest BCUT2D eigenvalue weighted by Crippen LogP contribution is 2.30. The normalized spacial score (nSPS) is 23.7. The Morgan fingerprint density at radius 3 is 2.61 bits per heavy atom. The van der Waals surface area contributed by atoms with Crippen LogP contribution in [0.3, 0.4) is 0 Å². The Morgan fingerprint density at radius 1 is 1.50 bits per heavy atom. The number of rotatable bonds is 2. The van der Waals surface area contributed by atoms with E-state index in [2.05, 4.69) is 0 Å². The summed E-state index contributed by atoms with van der Waals surface area (Å²) in [5, 5.41) is 0. The van der Waals surface area contributed by atoms with Crippen LogP contribution in [0.1, 0.15) is 48.0 Å². The van der Waals surface area contributed by atoms with Crippen LogP contribution in [0.2, 0.25) is 0 Å². The van der Waals surface area contributed by atoms with Crippen LogP contribution in [0.4, 0.5) is 4.79 Å². The van der Waals surface area contributed by atoms with Crippen molar-refractivity contribution in [1.29, 1.82) is 0 Å². The van der Waals surface area contributed by atoms with Crippen LogP contribution in [0, 0.1) is 0 Å². The largest absolute Gasteiger partial charge is 0.444 e. The summed E-state index contributed by atoms with van der Waals surface area (Å²) in [6.45, 7) is 11.9. The van der Waals surface area contributed by atoms with Gasteiger partial charge in [0.1, 0.15) is 11.3 Å². The molecule has 4 heteroatoms. The fraction of sp³-hybridized carbons (Fsp3) is 0.786. The number of ether oxygens (including phenoxy) is 2. The molecule has 104 valence electrons. The Kier molecular flexibility index (Phi) is 4.43. The summed E-state index contributed by atoms with van der Waals surface area (Å²) in [7, 11) is 0. The monoisotopic (exact) mass is 255 g/mol. The fourth-order valence-corrected chi connectivity index (χ4v) is 2.03. The lowest BCUT2D eigenvalue weighted by atomic mass is 10.1. The third-order valence-electron chi connectivity index (χ3n) is 2.81. The highest BCUT2D eigenvalue weighted by atomic mass is 16.6. The molecule has 0 saturated carbocycles. The first-order valence-electron chi connectivity index (χ1n) is 6.45. The smallest absolute Gasteiger partial charge is 0.412 e. The molecule has 0 aromatic carbocycles. The molecule has 0 aliphatic carbocycles. The van der Waals surface area contributed by atoms with E-state index in [4.69, 9.17) is 9.47 Å². The van der Waals surface area contributed by atoms with E-state index in [0.29, 0.717) is 6.61 Å². The third kappa shape index (κ3) is 3.73. The van der Waals surface area contributed by atoms with Crippen LogP contribution < -0.4 is 0 Å². The van der Waals surface area contributed by atoms with Gasteiger partial charge in [0.05, 0.1) is 12.6 Å². The molecule has 0 spiro atoms. The van der Waals surface area contributed by atoms with E-state index in [9.17, 15) is 4.79 Å². The second-order valence-electron chi connectivity index (χ2n) is 6.07. The second kappa shape index (κ2) is 5.31. The van der Waals surface area contributed by atoms with Gasteiger partial charge in [-0.1, -0.05) is 12.2 Å². The zero-order valence-corrected chi connectivity index (χ0v) is 12.3. The average molecular weight is 255 g/mol. The third-order valence-corrected chi connectivity index (χ3v) is 2.81. The van der Waals surface area contributed by atoms with Crippen LogP contribution in [-0.2, 0) is 9.47 Å². The van der Waals surface area contributed by atoms with Crippen molar-refractivity contribution < 1.29 is 14.3 Å². The molecule has 0 aromatic rings. The van der Waals surface area contributed by atoms with Gasteiger partial charge < -0.3 is 9.47 Å². The summed E-state index contributed by atoms with van der Waals surface area (Å²) in [4.78, 5) is 14.0.